The molecule has 1 aromatic carbocycles. The van der Waals surface area contributed by atoms with Crippen molar-refractivity contribution in [3.05, 3.63) is 48.2 Å². The van der Waals surface area contributed by atoms with Gasteiger partial charge in [0.05, 0.1) is 19.9 Å². The lowest BCUT2D eigenvalue weighted by molar-refractivity contribution is -0.131. The number of carboxylic acid groups (broad SMARTS) is 1. The van der Waals surface area contributed by atoms with Gasteiger partial charge in [0.2, 0.25) is 0 Å². The van der Waals surface area contributed by atoms with Crippen molar-refractivity contribution >= 4 is 23.1 Å². The summed E-state index contributed by atoms with van der Waals surface area (Å²) in [7, 11) is 5.06. The second kappa shape index (κ2) is 6.68. The van der Waals surface area contributed by atoms with Crippen LogP contribution in [0.3, 0.4) is 0 Å². The molecule has 0 atom stereocenters. The second-order valence-corrected chi connectivity index (χ2v) is 5.44. The lowest BCUT2D eigenvalue weighted by atomic mass is 10.0. The highest BCUT2D eigenvalue weighted by Crippen LogP contribution is 2.37. The van der Waals surface area contributed by atoms with E-state index in [0.29, 0.717) is 11.5 Å². The van der Waals surface area contributed by atoms with Gasteiger partial charge >= 0.3 is 5.97 Å². The molecule has 0 saturated carbocycles. The van der Waals surface area contributed by atoms with Crippen LogP contribution in [0.15, 0.2) is 42.6 Å². The van der Waals surface area contributed by atoms with Crippen LogP contribution in [0.25, 0.3) is 28.4 Å². The van der Waals surface area contributed by atoms with Crippen molar-refractivity contribution in [1.29, 1.82) is 0 Å². The van der Waals surface area contributed by atoms with Gasteiger partial charge in [-0.1, -0.05) is 0 Å². The maximum atomic E-state index is 11.0. The number of hydrogen-bond acceptors (Lipinski definition) is 4. The number of pyridine rings is 1. The van der Waals surface area contributed by atoms with Crippen LogP contribution in [0.5, 0.6) is 11.5 Å². The standard InChI is InChI=1S/C19H18N2O4/c1-21-18(12-6-8-15(24-2)16(11-12)25-3)13(7-9-17(22)23)14-5-4-10-20-19(14)21/h4-11H,1-3H3,(H,22,23)/b9-7+. The Kier molecular flexibility index (Phi) is 4.43. The summed E-state index contributed by atoms with van der Waals surface area (Å²) >= 11 is 0. The van der Waals surface area contributed by atoms with E-state index in [4.69, 9.17) is 14.6 Å². The molecule has 0 radical (unpaired) electrons. The van der Waals surface area contributed by atoms with E-state index in [0.717, 1.165) is 33.9 Å². The Balaban J connectivity index is 2.30. The third-order valence-electron chi connectivity index (χ3n) is 4.03. The van der Waals surface area contributed by atoms with E-state index in [1.54, 1.807) is 26.5 Å². The smallest absolute Gasteiger partial charge is 0.328 e. The largest absolute Gasteiger partial charge is 0.493 e. The summed E-state index contributed by atoms with van der Waals surface area (Å²) in [6.45, 7) is 0. The van der Waals surface area contributed by atoms with Crippen molar-refractivity contribution < 1.29 is 19.4 Å². The average molecular weight is 338 g/mol. The number of nitrogens with zero attached hydrogens (tertiary/aromatic N) is 2. The Morgan fingerprint density at radius 1 is 1.20 bits per heavy atom. The molecule has 6 nitrogen and oxygen atoms in total. The fourth-order valence-electron chi connectivity index (χ4n) is 2.94. The van der Waals surface area contributed by atoms with Crippen molar-refractivity contribution in [1.82, 2.24) is 9.55 Å². The van der Waals surface area contributed by atoms with Crippen LogP contribution in [-0.4, -0.2) is 34.8 Å². The minimum absolute atomic E-state index is 0.603. The maximum Gasteiger partial charge on any atom is 0.328 e. The molecule has 6 heteroatoms. The predicted octanol–water partition coefficient (Wildman–Crippen LogP) is 3.36. The summed E-state index contributed by atoms with van der Waals surface area (Å²) in [5, 5.41) is 9.90. The van der Waals surface area contributed by atoms with Crippen molar-refractivity contribution in [3.63, 3.8) is 0 Å². The van der Waals surface area contributed by atoms with Gasteiger partial charge in [0.25, 0.3) is 0 Å². The van der Waals surface area contributed by atoms with E-state index in [9.17, 15) is 4.79 Å². The van der Waals surface area contributed by atoms with E-state index in [-0.39, 0.29) is 0 Å². The van der Waals surface area contributed by atoms with E-state index in [2.05, 4.69) is 4.98 Å². The zero-order valence-electron chi connectivity index (χ0n) is 14.2. The van der Waals surface area contributed by atoms with Gasteiger partial charge in [0.1, 0.15) is 5.65 Å². The van der Waals surface area contributed by atoms with Gasteiger partial charge < -0.3 is 19.1 Å². The molecule has 2 aromatic heterocycles. The second-order valence-electron chi connectivity index (χ2n) is 5.44. The maximum absolute atomic E-state index is 11.0. The number of ether oxygens (including phenoxy) is 2. The average Bonchev–Trinajstić information content (AvgIpc) is 2.91. The topological polar surface area (TPSA) is 73.6 Å². The summed E-state index contributed by atoms with van der Waals surface area (Å²) < 4.78 is 12.6. The Morgan fingerprint density at radius 3 is 2.64 bits per heavy atom. The zero-order valence-corrected chi connectivity index (χ0v) is 14.2. The zero-order chi connectivity index (χ0) is 18.0. The fraction of sp³-hybridized carbons (Fsp3) is 0.158. The number of fused-ring (bicyclic) bond motifs is 1. The van der Waals surface area contributed by atoms with Gasteiger partial charge in [-0.15, -0.1) is 0 Å². The van der Waals surface area contributed by atoms with E-state index >= 15 is 0 Å². The number of carbonyl (C=O) groups is 1. The molecule has 0 aliphatic rings. The van der Waals surface area contributed by atoms with Crippen LogP contribution in [0, 0.1) is 0 Å². The third-order valence-corrected chi connectivity index (χ3v) is 4.03. The molecule has 0 fully saturated rings. The molecule has 2 heterocycles. The van der Waals surface area contributed by atoms with Gasteiger partial charge in [0.15, 0.2) is 11.5 Å². The molecule has 128 valence electrons. The van der Waals surface area contributed by atoms with E-state index < -0.39 is 5.97 Å². The van der Waals surface area contributed by atoms with Gasteiger partial charge in [-0.25, -0.2) is 9.78 Å². The van der Waals surface area contributed by atoms with Gasteiger partial charge in [0, 0.05) is 35.8 Å². The molecule has 25 heavy (non-hydrogen) atoms. The molecule has 1 N–H and O–H groups in total. The Hall–Kier alpha value is -3.28. The molecule has 3 rings (SSSR count). The fourth-order valence-corrected chi connectivity index (χ4v) is 2.94. The summed E-state index contributed by atoms with van der Waals surface area (Å²) in [5.41, 5.74) is 3.30. The Labute approximate surface area is 144 Å². The van der Waals surface area contributed by atoms with Gasteiger partial charge in [-0.05, 0) is 36.4 Å². The molecule has 0 bridgehead atoms. The van der Waals surface area contributed by atoms with E-state index in [1.165, 1.54) is 0 Å². The number of aliphatic carboxylic acids is 1. The third kappa shape index (κ3) is 2.94. The number of hydrogen-bond donors (Lipinski definition) is 1. The first-order valence-corrected chi connectivity index (χ1v) is 7.63. The van der Waals surface area contributed by atoms with Crippen LogP contribution in [0.1, 0.15) is 5.56 Å². The molecule has 0 aliphatic heterocycles. The minimum Gasteiger partial charge on any atom is -0.493 e. The Bertz CT molecular complexity index is 973. The van der Waals surface area contributed by atoms with Crippen LogP contribution in [0.4, 0.5) is 0 Å². The van der Waals surface area contributed by atoms with Crippen LogP contribution in [-0.2, 0) is 11.8 Å². The molecule has 0 saturated heterocycles. The van der Waals surface area contributed by atoms with Crippen molar-refractivity contribution in [2.75, 3.05) is 14.2 Å². The minimum atomic E-state index is -1.00. The van der Waals surface area contributed by atoms with Crippen LogP contribution < -0.4 is 9.47 Å². The van der Waals surface area contributed by atoms with Gasteiger partial charge in [-0.2, -0.15) is 0 Å². The van der Waals surface area contributed by atoms with Crippen molar-refractivity contribution in [3.8, 4) is 22.8 Å². The van der Waals surface area contributed by atoms with E-state index in [1.807, 2.05) is 41.9 Å². The normalized spacial score (nSPS) is 11.2. The molecular formula is C19H18N2O4. The lowest BCUT2D eigenvalue weighted by Crippen LogP contribution is -1.96. The van der Waals surface area contributed by atoms with Crippen molar-refractivity contribution in [2.24, 2.45) is 7.05 Å². The SMILES string of the molecule is COc1ccc(-c2c(/C=C/C(=O)O)c3cccnc3n2C)cc1OC. The molecule has 0 amide bonds. The summed E-state index contributed by atoms with van der Waals surface area (Å²) in [6.07, 6.45) is 4.44. The number of aromatic nitrogens is 2. The first-order valence-electron chi connectivity index (χ1n) is 7.63. The molecule has 3 aromatic rings. The Morgan fingerprint density at radius 2 is 1.96 bits per heavy atom. The lowest BCUT2D eigenvalue weighted by Gasteiger charge is -2.11. The first-order chi connectivity index (χ1) is 12.1. The molecule has 0 aliphatic carbocycles. The van der Waals surface area contributed by atoms with Crippen LogP contribution in [0.2, 0.25) is 0 Å². The highest BCUT2D eigenvalue weighted by atomic mass is 16.5. The first kappa shape index (κ1) is 16.6. The number of rotatable bonds is 5. The van der Waals surface area contributed by atoms with Crippen molar-refractivity contribution in [2.45, 2.75) is 0 Å². The highest BCUT2D eigenvalue weighted by Gasteiger charge is 2.17. The number of benzene rings is 1. The quantitative estimate of drug-likeness (QED) is 0.722. The van der Waals surface area contributed by atoms with Gasteiger partial charge in [-0.3, -0.25) is 0 Å². The summed E-state index contributed by atoms with van der Waals surface area (Å²) in [5.74, 6) is 0.233. The monoisotopic (exact) mass is 338 g/mol. The molecular weight excluding hydrogens is 320 g/mol. The number of carboxylic acids is 1. The molecule has 0 unspecified atom stereocenters. The summed E-state index contributed by atoms with van der Waals surface area (Å²) in [6, 6.07) is 9.36. The number of aryl methyl sites for hydroxylation is 1. The summed E-state index contributed by atoms with van der Waals surface area (Å²) in [4.78, 5) is 15.4. The number of methoxy groups -OCH3 is 2. The highest BCUT2D eigenvalue weighted by molar-refractivity contribution is 5.98. The molecule has 0 spiro atoms. The predicted molar refractivity (Wildman–Crippen MR) is 95.9 cm³/mol. The van der Waals surface area contributed by atoms with Crippen LogP contribution >= 0.6 is 0 Å².